The zero-order valence-corrected chi connectivity index (χ0v) is 18.0. The fraction of sp³-hybridized carbons (Fsp3) is 0.0417. The summed E-state index contributed by atoms with van der Waals surface area (Å²) in [7, 11) is 0. The SMILES string of the molecule is O=C(CSc1nccn1-c1cccc(C(=O)Nc2ccccc2)c1)Nc1ccc(F)cc1F. The quantitative estimate of drug-likeness (QED) is 0.372. The topological polar surface area (TPSA) is 76.0 Å². The number of nitrogens with one attached hydrogen (secondary N) is 2. The number of carbonyl (C=O) groups excluding carboxylic acids is 2. The van der Waals surface area contributed by atoms with Crippen LogP contribution in [0.15, 0.2) is 90.3 Å². The smallest absolute Gasteiger partial charge is 0.255 e. The second kappa shape index (κ2) is 10.1. The summed E-state index contributed by atoms with van der Waals surface area (Å²) in [6.45, 7) is 0. The van der Waals surface area contributed by atoms with E-state index in [4.69, 9.17) is 0 Å². The van der Waals surface area contributed by atoms with Crippen molar-refractivity contribution in [2.75, 3.05) is 16.4 Å². The van der Waals surface area contributed by atoms with Crippen molar-refractivity contribution < 1.29 is 18.4 Å². The van der Waals surface area contributed by atoms with Gasteiger partial charge in [0.2, 0.25) is 5.91 Å². The van der Waals surface area contributed by atoms with Crippen molar-refractivity contribution >= 4 is 35.0 Å². The van der Waals surface area contributed by atoms with Crippen LogP contribution in [0, 0.1) is 11.6 Å². The number of para-hydroxylation sites is 1. The molecule has 6 nitrogen and oxygen atoms in total. The van der Waals surface area contributed by atoms with Gasteiger partial charge < -0.3 is 10.6 Å². The Balaban J connectivity index is 1.43. The summed E-state index contributed by atoms with van der Waals surface area (Å²) in [5.74, 6) is -2.32. The minimum absolute atomic E-state index is 0.0397. The Morgan fingerprint density at radius 3 is 2.55 bits per heavy atom. The predicted molar refractivity (Wildman–Crippen MR) is 124 cm³/mol. The van der Waals surface area contributed by atoms with Crippen LogP contribution in [0.25, 0.3) is 5.69 Å². The normalized spacial score (nSPS) is 10.6. The standard InChI is InChI=1S/C24H18F2N4O2S/c25-17-9-10-21(20(26)14-17)29-22(31)15-33-24-27-11-12-30(24)19-8-4-5-16(13-19)23(32)28-18-6-2-1-3-7-18/h1-14H,15H2,(H,28,32)(H,29,31). The highest BCUT2D eigenvalue weighted by molar-refractivity contribution is 7.99. The number of rotatable bonds is 7. The Bertz CT molecular complexity index is 1290. The van der Waals surface area contributed by atoms with Gasteiger partial charge in [-0.1, -0.05) is 36.0 Å². The summed E-state index contributed by atoms with van der Waals surface area (Å²) in [4.78, 5) is 29.1. The highest BCUT2D eigenvalue weighted by Crippen LogP contribution is 2.22. The van der Waals surface area contributed by atoms with Gasteiger partial charge in [0, 0.05) is 35.4 Å². The average molecular weight is 464 g/mol. The summed E-state index contributed by atoms with van der Waals surface area (Å²) >= 11 is 1.14. The maximum absolute atomic E-state index is 13.7. The van der Waals surface area contributed by atoms with Crippen LogP contribution >= 0.6 is 11.8 Å². The first-order valence-electron chi connectivity index (χ1n) is 9.87. The first-order chi connectivity index (χ1) is 16.0. The molecule has 0 saturated heterocycles. The lowest BCUT2D eigenvalue weighted by molar-refractivity contribution is -0.113. The molecule has 4 aromatic rings. The van der Waals surface area contributed by atoms with Gasteiger partial charge in [-0.25, -0.2) is 13.8 Å². The lowest BCUT2D eigenvalue weighted by atomic mass is 10.2. The van der Waals surface area contributed by atoms with Gasteiger partial charge in [-0.2, -0.15) is 0 Å². The van der Waals surface area contributed by atoms with E-state index in [1.54, 1.807) is 47.3 Å². The lowest BCUT2D eigenvalue weighted by Gasteiger charge is -2.10. The largest absolute Gasteiger partial charge is 0.323 e. The van der Waals surface area contributed by atoms with E-state index in [0.29, 0.717) is 28.2 Å². The van der Waals surface area contributed by atoms with Crippen LogP contribution in [0.2, 0.25) is 0 Å². The molecule has 0 unspecified atom stereocenters. The van der Waals surface area contributed by atoms with Crippen LogP contribution < -0.4 is 10.6 Å². The minimum atomic E-state index is -0.847. The molecule has 3 aromatic carbocycles. The van der Waals surface area contributed by atoms with Crippen molar-refractivity contribution in [2.24, 2.45) is 0 Å². The number of halogens is 2. The number of aromatic nitrogens is 2. The Morgan fingerprint density at radius 2 is 1.76 bits per heavy atom. The molecule has 33 heavy (non-hydrogen) atoms. The van der Waals surface area contributed by atoms with Gasteiger partial charge in [0.1, 0.15) is 11.6 Å². The van der Waals surface area contributed by atoms with Gasteiger partial charge in [0.15, 0.2) is 5.16 Å². The van der Waals surface area contributed by atoms with Crippen LogP contribution in [0.4, 0.5) is 20.2 Å². The number of carbonyl (C=O) groups is 2. The van der Waals surface area contributed by atoms with Crippen LogP contribution in [-0.2, 0) is 4.79 Å². The van der Waals surface area contributed by atoms with Crippen molar-refractivity contribution in [2.45, 2.75) is 5.16 Å². The monoisotopic (exact) mass is 464 g/mol. The van der Waals surface area contributed by atoms with Crippen LogP contribution in [0.1, 0.15) is 10.4 Å². The van der Waals surface area contributed by atoms with Gasteiger partial charge in [-0.3, -0.25) is 14.2 Å². The predicted octanol–water partition coefficient (Wildman–Crippen LogP) is 5.13. The van der Waals surface area contributed by atoms with E-state index >= 15 is 0 Å². The van der Waals surface area contributed by atoms with Crippen LogP contribution in [0.3, 0.4) is 0 Å². The highest BCUT2D eigenvalue weighted by atomic mass is 32.2. The van der Waals surface area contributed by atoms with E-state index in [2.05, 4.69) is 15.6 Å². The number of hydrogen-bond acceptors (Lipinski definition) is 4. The number of hydrogen-bond donors (Lipinski definition) is 2. The number of anilines is 2. The van der Waals surface area contributed by atoms with Crippen molar-refractivity contribution in [3.63, 3.8) is 0 Å². The van der Waals surface area contributed by atoms with Crippen LogP contribution in [-0.4, -0.2) is 27.1 Å². The Kier molecular flexibility index (Phi) is 6.80. The van der Waals surface area contributed by atoms with Crippen molar-refractivity contribution in [1.82, 2.24) is 9.55 Å². The van der Waals surface area contributed by atoms with E-state index in [1.165, 1.54) is 6.07 Å². The van der Waals surface area contributed by atoms with Crippen LogP contribution in [0.5, 0.6) is 0 Å². The summed E-state index contributed by atoms with van der Waals surface area (Å²) in [6, 6.07) is 19.1. The van der Waals surface area contributed by atoms with Gasteiger partial charge >= 0.3 is 0 Å². The third-order valence-electron chi connectivity index (χ3n) is 4.56. The van der Waals surface area contributed by atoms with Gasteiger partial charge in [-0.05, 0) is 42.5 Å². The van der Waals surface area contributed by atoms with E-state index in [-0.39, 0.29) is 17.3 Å². The van der Waals surface area contributed by atoms with E-state index in [0.717, 1.165) is 17.8 Å². The van der Waals surface area contributed by atoms with Gasteiger partial charge in [0.25, 0.3) is 5.91 Å². The molecule has 1 heterocycles. The lowest BCUT2D eigenvalue weighted by Crippen LogP contribution is -2.15. The second-order valence-corrected chi connectivity index (χ2v) is 7.85. The zero-order valence-electron chi connectivity index (χ0n) is 17.2. The highest BCUT2D eigenvalue weighted by Gasteiger charge is 2.13. The molecule has 0 radical (unpaired) electrons. The second-order valence-electron chi connectivity index (χ2n) is 6.91. The summed E-state index contributed by atoms with van der Waals surface area (Å²) in [5.41, 5.74) is 1.75. The van der Waals surface area contributed by atoms with E-state index < -0.39 is 17.5 Å². The molecular formula is C24H18F2N4O2S. The molecule has 2 N–H and O–H groups in total. The molecule has 0 spiro atoms. The molecule has 1 aromatic heterocycles. The van der Waals surface area contributed by atoms with E-state index in [1.807, 2.05) is 24.3 Å². The van der Waals surface area contributed by atoms with E-state index in [9.17, 15) is 18.4 Å². The fourth-order valence-electron chi connectivity index (χ4n) is 3.02. The third kappa shape index (κ3) is 5.64. The number of amides is 2. The molecule has 0 bridgehead atoms. The summed E-state index contributed by atoms with van der Waals surface area (Å²) in [6.07, 6.45) is 3.30. The molecule has 0 saturated carbocycles. The molecular weight excluding hydrogens is 446 g/mol. The Morgan fingerprint density at radius 1 is 0.939 bits per heavy atom. The zero-order chi connectivity index (χ0) is 23.2. The Labute approximate surface area is 192 Å². The minimum Gasteiger partial charge on any atom is -0.323 e. The van der Waals surface area contributed by atoms with Gasteiger partial charge in [0.05, 0.1) is 11.4 Å². The fourth-order valence-corrected chi connectivity index (χ4v) is 3.80. The molecule has 0 atom stereocenters. The average Bonchev–Trinajstić information content (AvgIpc) is 3.29. The number of benzene rings is 3. The molecule has 4 rings (SSSR count). The molecule has 0 fully saturated rings. The summed E-state index contributed by atoms with van der Waals surface area (Å²) in [5, 5.41) is 5.77. The first kappa shape index (κ1) is 22.2. The first-order valence-corrected chi connectivity index (χ1v) is 10.9. The summed E-state index contributed by atoms with van der Waals surface area (Å²) < 4.78 is 28.5. The maximum Gasteiger partial charge on any atom is 0.255 e. The van der Waals surface area contributed by atoms with Gasteiger partial charge in [-0.15, -0.1) is 0 Å². The number of nitrogens with zero attached hydrogens (tertiary/aromatic N) is 2. The maximum atomic E-state index is 13.7. The molecule has 0 aliphatic rings. The molecule has 9 heteroatoms. The number of imidazole rings is 1. The van der Waals surface area contributed by atoms with Crippen molar-refractivity contribution in [3.8, 4) is 5.69 Å². The molecule has 166 valence electrons. The Hall–Kier alpha value is -3.98. The molecule has 0 aliphatic heterocycles. The molecule has 0 aliphatic carbocycles. The third-order valence-corrected chi connectivity index (χ3v) is 5.53. The number of thioether (sulfide) groups is 1. The molecule has 2 amide bonds. The van der Waals surface area contributed by atoms with Crippen molar-refractivity contribution in [1.29, 1.82) is 0 Å². The van der Waals surface area contributed by atoms with Crippen molar-refractivity contribution in [3.05, 3.63) is 102 Å².